The molecule has 1 heterocycles. The minimum atomic E-state index is -1.12. The fourth-order valence-electron chi connectivity index (χ4n) is 1.39. The third kappa shape index (κ3) is 5.34. The molecule has 86 valence electrons. The van der Waals surface area contributed by atoms with E-state index in [-0.39, 0.29) is 12.0 Å². The van der Waals surface area contributed by atoms with Gasteiger partial charge in [0.05, 0.1) is 6.10 Å². The summed E-state index contributed by atoms with van der Waals surface area (Å²) < 4.78 is 5.33. The number of hydrogen-bond acceptors (Lipinski definition) is 4. The van der Waals surface area contributed by atoms with Crippen molar-refractivity contribution in [1.82, 2.24) is 5.48 Å². The van der Waals surface area contributed by atoms with E-state index in [9.17, 15) is 9.59 Å². The molecule has 1 aliphatic rings. The molecule has 0 saturated carbocycles. The van der Waals surface area contributed by atoms with Crippen LogP contribution in [0.5, 0.6) is 0 Å². The Balaban J connectivity index is 2.00. The summed E-state index contributed by atoms with van der Waals surface area (Å²) in [6.45, 7) is 0.244. The average molecular weight is 217 g/mol. The Labute approximate surface area is 87.5 Å². The highest BCUT2D eigenvalue weighted by molar-refractivity contribution is 5.75. The predicted octanol–water partition coefficient (Wildman–Crippen LogP) is 0.0780. The molecule has 1 amide bonds. The Morgan fingerprint density at radius 3 is 2.93 bits per heavy atom. The molecule has 0 spiro atoms. The van der Waals surface area contributed by atoms with Crippen LogP contribution < -0.4 is 5.48 Å². The van der Waals surface area contributed by atoms with Crippen molar-refractivity contribution in [2.24, 2.45) is 0 Å². The summed E-state index contributed by atoms with van der Waals surface area (Å²) in [6.07, 6.45) is 3.15. The van der Waals surface area contributed by atoms with Gasteiger partial charge in [0.2, 0.25) is 5.91 Å². The minimum Gasteiger partial charge on any atom is -0.479 e. The van der Waals surface area contributed by atoms with Crippen molar-refractivity contribution < 1.29 is 24.3 Å². The second kappa shape index (κ2) is 6.36. The topological polar surface area (TPSA) is 84.9 Å². The molecule has 6 nitrogen and oxygen atoms in total. The van der Waals surface area contributed by atoms with Crippen LogP contribution in [0.15, 0.2) is 0 Å². The van der Waals surface area contributed by atoms with E-state index < -0.39 is 12.6 Å². The summed E-state index contributed by atoms with van der Waals surface area (Å²) in [5, 5.41) is 8.23. The quantitative estimate of drug-likeness (QED) is 0.615. The van der Waals surface area contributed by atoms with E-state index in [1.54, 1.807) is 0 Å². The Bertz CT molecular complexity index is 225. The number of hydroxylamine groups is 1. The zero-order valence-corrected chi connectivity index (χ0v) is 8.40. The molecular formula is C9H15NO5. The van der Waals surface area contributed by atoms with Gasteiger partial charge in [-0.1, -0.05) is 0 Å². The van der Waals surface area contributed by atoms with Gasteiger partial charge in [-0.3, -0.25) is 9.63 Å². The van der Waals surface area contributed by atoms with Crippen LogP contribution in [0.2, 0.25) is 0 Å². The van der Waals surface area contributed by atoms with Gasteiger partial charge in [0.15, 0.2) is 6.61 Å². The number of rotatable bonds is 6. The van der Waals surface area contributed by atoms with E-state index >= 15 is 0 Å². The molecule has 0 bridgehead atoms. The second-order valence-electron chi connectivity index (χ2n) is 3.38. The Kier molecular flexibility index (Phi) is 5.06. The molecular weight excluding hydrogens is 202 g/mol. The number of aliphatic carboxylic acids is 1. The lowest BCUT2D eigenvalue weighted by molar-refractivity contribution is -0.149. The summed E-state index contributed by atoms with van der Waals surface area (Å²) in [6, 6.07) is 0. The maximum absolute atomic E-state index is 11.1. The number of amides is 1. The van der Waals surface area contributed by atoms with Crippen LogP contribution in [0.4, 0.5) is 0 Å². The first kappa shape index (κ1) is 11.9. The lowest BCUT2D eigenvalue weighted by Crippen LogP contribution is -2.27. The molecule has 0 aromatic heterocycles. The second-order valence-corrected chi connectivity index (χ2v) is 3.38. The third-order valence-corrected chi connectivity index (χ3v) is 2.10. The summed E-state index contributed by atoms with van der Waals surface area (Å²) in [5.74, 6) is -1.43. The lowest BCUT2D eigenvalue weighted by atomic mass is 10.1. The number of nitrogens with one attached hydrogen (secondary N) is 1. The van der Waals surface area contributed by atoms with E-state index in [0.717, 1.165) is 19.4 Å². The standard InChI is InChI=1S/C9H15NO5/c11-8(10-15-6-9(12)13)4-3-7-2-1-5-14-7/h7H,1-6H2,(H,10,11)(H,12,13). The van der Waals surface area contributed by atoms with Gasteiger partial charge in [-0.25, -0.2) is 10.3 Å². The van der Waals surface area contributed by atoms with Crippen LogP contribution in [0, 0.1) is 0 Å². The number of carboxylic acid groups (broad SMARTS) is 1. The average Bonchev–Trinajstić information content (AvgIpc) is 2.66. The van der Waals surface area contributed by atoms with Crippen LogP contribution in [-0.4, -0.2) is 36.3 Å². The molecule has 2 N–H and O–H groups in total. The highest BCUT2D eigenvalue weighted by Crippen LogP contribution is 2.16. The van der Waals surface area contributed by atoms with E-state index in [1.807, 2.05) is 0 Å². The van der Waals surface area contributed by atoms with Crippen molar-refractivity contribution >= 4 is 11.9 Å². The molecule has 1 aliphatic heterocycles. The normalized spacial score (nSPS) is 20.1. The summed E-state index contributed by atoms with van der Waals surface area (Å²) in [4.78, 5) is 25.6. The highest BCUT2D eigenvalue weighted by Gasteiger charge is 2.16. The Hall–Kier alpha value is -1.14. The van der Waals surface area contributed by atoms with Gasteiger partial charge in [-0.05, 0) is 19.3 Å². The van der Waals surface area contributed by atoms with Gasteiger partial charge in [-0.15, -0.1) is 0 Å². The fourth-order valence-corrected chi connectivity index (χ4v) is 1.39. The Morgan fingerprint density at radius 2 is 2.33 bits per heavy atom. The molecule has 15 heavy (non-hydrogen) atoms. The van der Waals surface area contributed by atoms with Gasteiger partial charge in [-0.2, -0.15) is 0 Å². The third-order valence-electron chi connectivity index (χ3n) is 2.10. The van der Waals surface area contributed by atoms with Crippen molar-refractivity contribution in [2.45, 2.75) is 31.8 Å². The maximum Gasteiger partial charge on any atom is 0.332 e. The predicted molar refractivity (Wildman–Crippen MR) is 49.9 cm³/mol. The molecule has 1 unspecified atom stereocenters. The fraction of sp³-hybridized carbons (Fsp3) is 0.778. The van der Waals surface area contributed by atoms with Crippen LogP contribution in [0.1, 0.15) is 25.7 Å². The zero-order chi connectivity index (χ0) is 11.1. The van der Waals surface area contributed by atoms with E-state index in [4.69, 9.17) is 9.84 Å². The maximum atomic E-state index is 11.1. The van der Waals surface area contributed by atoms with E-state index in [0.29, 0.717) is 12.8 Å². The number of hydrogen-bond donors (Lipinski definition) is 2. The van der Waals surface area contributed by atoms with Gasteiger partial charge in [0, 0.05) is 13.0 Å². The van der Waals surface area contributed by atoms with Crippen molar-refractivity contribution in [3.05, 3.63) is 0 Å². The van der Waals surface area contributed by atoms with E-state index in [1.165, 1.54) is 0 Å². The van der Waals surface area contributed by atoms with Crippen molar-refractivity contribution in [2.75, 3.05) is 13.2 Å². The van der Waals surface area contributed by atoms with Gasteiger partial charge in [0.25, 0.3) is 0 Å². The monoisotopic (exact) mass is 217 g/mol. The molecule has 6 heteroatoms. The largest absolute Gasteiger partial charge is 0.479 e. The summed E-state index contributed by atoms with van der Waals surface area (Å²) >= 11 is 0. The first-order chi connectivity index (χ1) is 7.18. The molecule has 1 fully saturated rings. The molecule has 0 aliphatic carbocycles. The zero-order valence-electron chi connectivity index (χ0n) is 8.40. The summed E-state index contributed by atoms with van der Waals surface area (Å²) in [5.41, 5.74) is 2.06. The highest BCUT2D eigenvalue weighted by atomic mass is 16.7. The van der Waals surface area contributed by atoms with Crippen LogP contribution in [-0.2, 0) is 19.2 Å². The molecule has 1 saturated heterocycles. The first-order valence-corrected chi connectivity index (χ1v) is 4.92. The van der Waals surface area contributed by atoms with Gasteiger partial charge in [0.1, 0.15) is 0 Å². The van der Waals surface area contributed by atoms with Gasteiger partial charge >= 0.3 is 5.97 Å². The van der Waals surface area contributed by atoms with E-state index in [2.05, 4.69) is 10.3 Å². The number of carbonyl (C=O) groups excluding carboxylic acids is 1. The van der Waals surface area contributed by atoms with Crippen molar-refractivity contribution in [3.8, 4) is 0 Å². The lowest BCUT2D eigenvalue weighted by Gasteiger charge is -2.08. The first-order valence-electron chi connectivity index (χ1n) is 4.92. The molecule has 0 aromatic carbocycles. The minimum absolute atomic E-state index is 0.162. The molecule has 0 radical (unpaired) electrons. The smallest absolute Gasteiger partial charge is 0.332 e. The molecule has 1 atom stereocenters. The number of carbonyl (C=O) groups is 2. The van der Waals surface area contributed by atoms with Crippen LogP contribution in [0.25, 0.3) is 0 Å². The molecule has 1 rings (SSSR count). The van der Waals surface area contributed by atoms with Crippen LogP contribution >= 0.6 is 0 Å². The number of ether oxygens (including phenoxy) is 1. The SMILES string of the molecule is O=C(O)CONC(=O)CCC1CCCO1. The van der Waals surface area contributed by atoms with Crippen molar-refractivity contribution in [1.29, 1.82) is 0 Å². The van der Waals surface area contributed by atoms with Crippen molar-refractivity contribution in [3.63, 3.8) is 0 Å². The molecule has 0 aromatic rings. The summed E-state index contributed by atoms with van der Waals surface area (Å²) in [7, 11) is 0. The number of carboxylic acids is 1. The van der Waals surface area contributed by atoms with Gasteiger partial charge < -0.3 is 9.84 Å². The van der Waals surface area contributed by atoms with Crippen LogP contribution in [0.3, 0.4) is 0 Å². The Morgan fingerprint density at radius 1 is 1.53 bits per heavy atom.